The van der Waals surface area contributed by atoms with E-state index in [9.17, 15) is 13.2 Å². The van der Waals surface area contributed by atoms with Crippen molar-refractivity contribution in [1.82, 2.24) is 5.32 Å². The maximum absolute atomic E-state index is 12.3. The fraction of sp³-hybridized carbons (Fsp3) is 0.381. The molecule has 1 amide bonds. The van der Waals surface area contributed by atoms with E-state index in [1.54, 1.807) is 31.4 Å². The highest BCUT2D eigenvalue weighted by atomic mass is 32.2. The monoisotopic (exact) mass is 404 g/mol. The van der Waals surface area contributed by atoms with E-state index in [4.69, 9.17) is 4.74 Å². The molecule has 0 unspecified atom stereocenters. The van der Waals surface area contributed by atoms with Crippen molar-refractivity contribution in [3.63, 3.8) is 0 Å². The fourth-order valence-corrected chi connectivity index (χ4v) is 4.05. The molecule has 2 aromatic carbocycles. The van der Waals surface area contributed by atoms with Crippen molar-refractivity contribution in [2.24, 2.45) is 0 Å². The lowest BCUT2D eigenvalue weighted by Gasteiger charge is -2.23. The summed E-state index contributed by atoms with van der Waals surface area (Å²) in [5.74, 6) is 0.556. The SMILES string of the molecule is COc1ccc(N(CCCC(=O)N[C@H](C)c2ccccc2C)S(C)(=O)=O)cc1. The Labute approximate surface area is 167 Å². The molecule has 2 rings (SSSR count). The summed E-state index contributed by atoms with van der Waals surface area (Å²) in [4.78, 5) is 12.3. The van der Waals surface area contributed by atoms with Crippen molar-refractivity contribution in [3.05, 3.63) is 59.7 Å². The summed E-state index contributed by atoms with van der Waals surface area (Å²) in [6.07, 6.45) is 1.83. The predicted molar refractivity (Wildman–Crippen MR) is 112 cm³/mol. The van der Waals surface area contributed by atoms with Crippen LogP contribution in [0.1, 0.15) is 36.9 Å². The normalized spacial score (nSPS) is 12.3. The average Bonchev–Trinajstić information content (AvgIpc) is 2.64. The molecule has 0 bridgehead atoms. The number of aryl methyl sites for hydroxylation is 1. The smallest absolute Gasteiger partial charge is 0.232 e. The van der Waals surface area contributed by atoms with Gasteiger partial charge in [0.25, 0.3) is 0 Å². The molecule has 7 heteroatoms. The third-order valence-corrected chi connectivity index (χ3v) is 5.75. The molecule has 28 heavy (non-hydrogen) atoms. The summed E-state index contributed by atoms with van der Waals surface area (Å²) >= 11 is 0. The highest BCUT2D eigenvalue weighted by Gasteiger charge is 2.18. The van der Waals surface area contributed by atoms with E-state index in [0.717, 1.165) is 17.4 Å². The van der Waals surface area contributed by atoms with Gasteiger partial charge in [-0.15, -0.1) is 0 Å². The zero-order valence-electron chi connectivity index (χ0n) is 16.8. The first-order chi connectivity index (χ1) is 13.2. The second-order valence-corrected chi connectivity index (χ2v) is 8.69. The van der Waals surface area contributed by atoms with Crippen molar-refractivity contribution in [2.45, 2.75) is 32.7 Å². The number of sulfonamides is 1. The molecule has 0 aliphatic heterocycles. The number of hydrogen-bond donors (Lipinski definition) is 1. The molecule has 0 radical (unpaired) electrons. The first-order valence-corrected chi connectivity index (χ1v) is 11.0. The van der Waals surface area contributed by atoms with E-state index < -0.39 is 10.0 Å². The van der Waals surface area contributed by atoms with Crippen LogP contribution in [0.2, 0.25) is 0 Å². The van der Waals surface area contributed by atoms with Crippen LogP contribution in [0.5, 0.6) is 5.75 Å². The minimum absolute atomic E-state index is 0.0960. The highest BCUT2D eigenvalue weighted by molar-refractivity contribution is 7.92. The van der Waals surface area contributed by atoms with Crippen LogP contribution in [0.15, 0.2) is 48.5 Å². The standard InChI is InChI=1S/C21H28N2O4S/c1-16-8-5-6-9-20(16)17(2)22-21(24)10-7-15-23(28(4,25)26)18-11-13-19(27-3)14-12-18/h5-6,8-9,11-14,17H,7,10,15H2,1-4H3,(H,22,24)/t17-/m1/s1. The van der Waals surface area contributed by atoms with Gasteiger partial charge in [0, 0.05) is 13.0 Å². The summed E-state index contributed by atoms with van der Waals surface area (Å²) < 4.78 is 30.7. The van der Waals surface area contributed by atoms with Crippen molar-refractivity contribution < 1.29 is 17.9 Å². The van der Waals surface area contributed by atoms with Crippen LogP contribution in [0.3, 0.4) is 0 Å². The van der Waals surface area contributed by atoms with E-state index >= 15 is 0 Å². The zero-order chi connectivity index (χ0) is 20.7. The van der Waals surface area contributed by atoms with Gasteiger partial charge in [0.05, 0.1) is 25.1 Å². The summed E-state index contributed by atoms with van der Waals surface area (Å²) in [7, 11) is -1.89. The zero-order valence-corrected chi connectivity index (χ0v) is 17.6. The Morgan fingerprint density at radius 1 is 1.14 bits per heavy atom. The molecular weight excluding hydrogens is 376 g/mol. The fourth-order valence-electron chi connectivity index (χ4n) is 3.08. The lowest BCUT2D eigenvalue weighted by atomic mass is 10.0. The lowest BCUT2D eigenvalue weighted by Crippen LogP contribution is -2.32. The first-order valence-electron chi connectivity index (χ1n) is 9.19. The maximum Gasteiger partial charge on any atom is 0.232 e. The molecule has 0 aliphatic rings. The third-order valence-electron chi connectivity index (χ3n) is 4.56. The van der Waals surface area contributed by atoms with Gasteiger partial charge < -0.3 is 10.1 Å². The Morgan fingerprint density at radius 2 is 1.79 bits per heavy atom. The van der Waals surface area contributed by atoms with Crippen molar-refractivity contribution in [1.29, 1.82) is 0 Å². The summed E-state index contributed by atoms with van der Waals surface area (Å²) in [5.41, 5.74) is 2.75. The largest absolute Gasteiger partial charge is 0.497 e. The molecule has 0 fully saturated rings. The minimum Gasteiger partial charge on any atom is -0.497 e. The molecule has 1 atom stereocenters. The Kier molecular flexibility index (Phi) is 7.45. The quantitative estimate of drug-likeness (QED) is 0.695. The summed E-state index contributed by atoms with van der Waals surface area (Å²) in [6.45, 7) is 4.19. The van der Waals surface area contributed by atoms with E-state index in [0.29, 0.717) is 17.9 Å². The number of ether oxygens (including phenoxy) is 1. The van der Waals surface area contributed by atoms with Crippen LogP contribution in [0.4, 0.5) is 5.69 Å². The first kappa shape index (κ1) is 21.8. The number of benzene rings is 2. The van der Waals surface area contributed by atoms with Gasteiger partial charge in [-0.25, -0.2) is 8.42 Å². The number of nitrogens with zero attached hydrogens (tertiary/aromatic N) is 1. The van der Waals surface area contributed by atoms with Crippen LogP contribution in [-0.2, 0) is 14.8 Å². The Bertz CT molecular complexity index is 895. The molecule has 6 nitrogen and oxygen atoms in total. The predicted octanol–water partition coefficient (Wildman–Crippen LogP) is 3.43. The van der Waals surface area contributed by atoms with Crippen molar-refractivity contribution in [2.75, 3.05) is 24.2 Å². The van der Waals surface area contributed by atoms with Crippen LogP contribution in [-0.4, -0.2) is 34.2 Å². The second-order valence-electron chi connectivity index (χ2n) is 6.78. The van der Waals surface area contributed by atoms with Crippen LogP contribution >= 0.6 is 0 Å². The molecule has 0 spiro atoms. The molecule has 0 heterocycles. The lowest BCUT2D eigenvalue weighted by molar-refractivity contribution is -0.121. The van der Waals surface area contributed by atoms with E-state index in [2.05, 4.69) is 5.32 Å². The summed E-state index contributed by atoms with van der Waals surface area (Å²) in [6, 6.07) is 14.6. The number of hydrogen-bond acceptors (Lipinski definition) is 4. The topological polar surface area (TPSA) is 75.7 Å². The molecule has 0 saturated carbocycles. The molecule has 2 aromatic rings. The summed E-state index contributed by atoms with van der Waals surface area (Å²) in [5, 5.41) is 2.98. The van der Waals surface area contributed by atoms with Crippen LogP contribution in [0.25, 0.3) is 0 Å². The minimum atomic E-state index is -3.45. The molecule has 0 saturated heterocycles. The van der Waals surface area contributed by atoms with Gasteiger partial charge in [0.15, 0.2) is 0 Å². The number of anilines is 1. The van der Waals surface area contributed by atoms with Crippen molar-refractivity contribution in [3.8, 4) is 5.75 Å². The second kappa shape index (κ2) is 9.59. The van der Waals surface area contributed by atoms with Gasteiger partial charge in [-0.2, -0.15) is 0 Å². The average molecular weight is 405 g/mol. The van der Waals surface area contributed by atoms with Gasteiger partial charge in [-0.05, 0) is 55.7 Å². The van der Waals surface area contributed by atoms with Gasteiger partial charge in [0.1, 0.15) is 5.75 Å². The number of rotatable bonds is 9. The maximum atomic E-state index is 12.3. The van der Waals surface area contributed by atoms with E-state index in [1.807, 2.05) is 38.1 Å². The Hall–Kier alpha value is -2.54. The van der Waals surface area contributed by atoms with E-state index in [-0.39, 0.29) is 24.9 Å². The number of amides is 1. The number of methoxy groups -OCH3 is 1. The number of nitrogens with one attached hydrogen (secondary N) is 1. The van der Waals surface area contributed by atoms with Crippen LogP contribution < -0.4 is 14.4 Å². The third kappa shape index (κ3) is 5.99. The number of carbonyl (C=O) groups excluding carboxylic acids is 1. The van der Waals surface area contributed by atoms with Gasteiger partial charge in [-0.3, -0.25) is 9.10 Å². The Balaban J connectivity index is 1.94. The van der Waals surface area contributed by atoms with Gasteiger partial charge in [0.2, 0.25) is 15.9 Å². The van der Waals surface area contributed by atoms with Gasteiger partial charge in [-0.1, -0.05) is 24.3 Å². The molecular formula is C21H28N2O4S. The molecule has 0 aromatic heterocycles. The van der Waals surface area contributed by atoms with Crippen LogP contribution in [0, 0.1) is 6.92 Å². The Morgan fingerprint density at radius 3 is 2.36 bits per heavy atom. The highest BCUT2D eigenvalue weighted by Crippen LogP contribution is 2.22. The molecule has 152 valence electrons. The molecule has 0 aliphatic carbocycles. The van der Waals surface area contributed by atoms with E-state index in [1.165, 1.54) is 4.31 Å². The molecule has 1 N–H and O–H groups in total. The number of carbonyl (C=O) groups is 1. The van der Waals surface area contributed by atoms with Gasteiger partial charge >= 0.3 is 0 Å². The van der Waals surface area contributed by atoms with Crippen molar-refractivity contribution >= 4 is 21.6 Å².